The molecule has 0 atom stereocenters. The van der Waals surface area contributed by atoms with Crippen LogP contribution in [0.1, 0.15) is 22.8 Å². The highest BCUT2D eigenvalue weighted by Gasteiger charge is 2.20. The Morgan fingerprint density at radius 2 is 1.87 bits per heavy atom. The predicted molar refractivity (Wildman–Crippen MR) is 110 cm³/mol. The third kappa shape index (κ3) is 4.76. The van der Waals surface area contributed by atoms with Crippen molar-refractivity contribution in [1.29, 1.82) is 0 Å². The minimum Gasteiger partial charge on any atom is -0.462 e. The van der Waals surface area contributed by atoms with Crippen LogP contribution < -0.4 is 5.32 Å². The number of nitrogens with zero attached hydrogens (tertiary/aromatic N) is 3. The van der Waals surface area contributed by atoms with Crippen molar-refractivity contribution < 1.29 is 19.2 Å². The molecule has 1 aromatic heterocycles. The highest BCUT2D eigenvalue weighted by molar-refractivity contribution is 6.05. The summed E-state index contributed by atoms with van der Waals surface area (Å²) in [5.41, 5.74) is 1.35. The number of benzene rings is 2. The van der Waals surface area contributed by atoms with E-state index in [-0.39, 0.29) is 23.7 Å². The van der Waals surface area contributed by atoms with Gasteiger partial charge in [0.1, 0.15) is 5.56 Å². The lowest BCUT2D eigenvalue weighted by molar-refractivity contribution is -0.384. The van der Waals surface area contributed by atoms with Crippen molar-refractivity contribution in [3.05, 3.63) is 88.1 Å². The maximum atomic E-state index is 12.5. The van der Waals surface area contributed by atoms with Crippen molar-refractivity contribution in [2.45, 2.75) is 6.92 Å². The molecule has 1 N–H and O–H groups in total. The van der Waals surface area contributed by atoms with Gasteiger partial charge < -0.3 is 10.1 Å². The maximum absolute atomic E-state index is 12.5. The molecule has 30 heavy (non-hydrogen) atoms. The highest BCUT2D eigenvalue weighted by atomic mass is 16.6. The molecule has 0 bridgehead atoms. The Kier molecular flexibility index (Phi) is 6.33. The molecule has 9 heteroatoms. The summed E-state index contributed by atoms with van der Waals surface area (Å²) in [6, 6.07) is 14.8. The fraction of sp³-hybridized carbons (Fsp3) is 0.0952. The smallest absolute Gasteiger partial charge is 0.343 e. The van der Waals surface area contributed by atoms with Crippen LogP contribution in [-0.2, 0) is 9.53 Å². The number of nitro benzene ring substituents is 1. The van der Waals surface area contributed by atoms with Gasteiger partial charge in [0.05, 0.1) is 23.4 Å². The summed E-state index contributed by atoms with van der Waals surface area (Å²) in [5, 5.41) is 17.6. The fourth-order valence-corrected chi connectivity index (χ4v) is 2.63. The number of esters is 1. The SMILES string of the molecule is CCOC(=O)c1cnn(-c2ccccc2)c1NC(=O)C=Cc1ccc([N+](=O)[O-])cc1. The number of rotatable bonds is 7. The molecule has 0 saturated heterocycles. The summed E-state index contributed by atoms with van der Waals surface area (Å²) in [6.07, 6.45) is 4.10. The van der Waals surface area contributed by atoms with Crippen molar-refractivity contribution in [2.24, 2.45) is 0 Å². The van der Waals surface area contributed by atoms with Gasteiger partial charge in [-0.05, 0) is 42.8 Å². The molecule has 0 saturated carbocycles. The van der Waals surface area contributed by atoms with E-state index in [1.165, 1.54) is 47.3 Å². The van der Waals surface area contributed by atoms with Gasteiger partial charge in [-0.15, -0.1) is 0 Å². The average Bonchev–Trinajstić information content (AvgIpc) is 3.17. The third-order valence-electron chi connectivity index (χ3n) is 4.04. The number of nitrogens with one attached hydrogen (secondary N) is 1. The number of para-hydroxylation sites is 1. The second kappa shape index (κ2) is 9.28. The van der Waals surface area contributed by atoms with Crippen LogP contribution in [-0.4, -0.2) is 33.2 Å². The number of non-ortho nitro benzene ring substituents is 1. The molecule has 0 aliphatic carbocycles. The van der Waals surface area contributed by atoms with Crippen molar-refractivity contribution in [1.82, 2.24) is 9.78 Å². The van der Waals surface area contributed by atoms with E-state index in [4.69, 9.17) is 4.74 Å². The summed E-state index contributed by atoms with van der Waals surface area (Å²) >= 11 is 0. The van der Waals surface area contributed by atoms with Crippen LogP contribution in [0.15, 0.2) is 66.9 Å². The first kappa shape index (κ1) is 20.5. The van der Waals surface area contributed by atoms with Crippen molar-refractivity contribution in [2.75, 3.05) is 11.9 Å². The Morgan fingerprint density at radius 3 is 2.50 bits per heavy atom. The number of hydrogen-bond donors (Lipinski definition) is 1. The molecule has 0 spiro atoms. The van der Waals surface area contributed by atoms with Crippen molar-refractivity contribution in [3.63, 3.8) is 0 Å². The normalized spacial score (nSPS) is 10.7. The third-order valence-corrected chi connectivity index (χ3v) is 4.04. The van der Waals surface area contributed by atoms with Gasteiger partial charge in [0.25, 0.3) is 5.69 Å². The number of nitro groups is 1. The van der Waals surface area contributed by atoms with Crippen molar-refractivity contribution >= 4 is 29.5 Å². The van der Waals surface area contributed by atoms with Crippen LogP contribution in [0.4, 0.5) is 11.5 Å². The van der Waals surface area contributed by atoms with E-state index in [1.807, 2.05) is 6.07 Å². The molecular formula is C21H18N4O5. The van der Waals surface area contributed by atoms with Gasteiger partial charge in [-0.3, -0.25) is 14.9 Å². The minimum absolute atomic E-state index is 0.0394. The van der Waals surface area contributed by atoms with E-state index in [0.29, 0.717) is 11.3 Å². The minimum atomic E-state index is -0.602. The molecule has 3 rings (SSSR count). The second-order valence-corrected chi connectivity index (χ2v) is 6.05. The largest absolute Gasteiger partial charge is 0.462 e. The topological polar surface area (TPSA) is 116 Å². The Hall–Kier alpha value is -4.27. The van der Waals surface area contributed by atoms with Gasteiger partial charge in [-0.2, -0.15) is 5.10 Å². The molecule has 9 nitrogen and oxygen atoms in total. The van der Waals surface area contributed by atoms with E-state index in [1.54, 1.807) is 31.2 Å². The number of aromatic nitrogens is 2. The Morgan fingerprint density at radius 1 is 1.17 bits per heavy atom. The lowest BCUT2D eigenvalue weighted by Gasteiger charge is -2.09. The first-order valence-electron chi connectivity index (χ1n) is 9.03. The zero-order valence-corrected chi connectivity index (χ0v) is 16.0. The van der Waals surface area contributed by atoms with Gasteiger partial charge >= 0.3 is 5.97 Å². The van der Waals surface area contributed by atoms with E-state index in [0.717, 1.165) is 0 Å². The van der Waals surface area contributed by atoms with Crippen LogP contribution >= 0.6 is 0 Å². The number of hydrogen-bond acceptors (Lipinski definition) is 6. The number of carbonyl (C=O) groups excluding carboxylic acids is 2. The Labute approximate surface area is 171 Å². The molecule has 0 aliphatic rings. The van der Waals surface area contributed by atoms with Crippen LogP contribution in [0.25, 0.3) is 11.8 Å². The molecule has 0 fully saturated rings. The predicted octanol–water partition coefficient (Wildman–Crippen LogP) is 3.61. The average molecular weight is 406 g/mol. The quantitative estimate of drug-likeness (QED) is 0.277. The molecule has 152 valence electrons. The number of amides is 1. The van der Waals surface area contributed by atoms with Crippen LogP contribution in [0.5, 0.6) is 0 Å². The summed E-state index contributed by atoms with van der Waals surface area (Å²) in [5.74, 6) is -0.927. The maximum Gasteiger partial charge on any atom is 0.343 e. The first-order valence-corrected chi connectivity index (χ1v) is 9.03. The lowest BCUT2D eigenvalue weighted by atomic mass is 10.2. The van der Waals surface area contributed by atoms with E-state index >= 15 is 0 Å². The van der Waals surface area contributed by atoms with Gasteiger partial charge in [0, 0.05) is 18.2 Å². The summed E-state index contributed by atoms with van der Waals surface area (Å²) < 4.78 is 6.48. The molecular weight excluding hydrogens is 388 g/mol. The molecule has 0 radical (unpaired) electrons. The Balaban J connectivity index is 1.84. The molecule has 3 aromatic rings. The summed E-state index contributed by atoms with van der Waals surface area (Å²) in [4.78, 5) is 35.0. The lowest BCUT2D eigenvalue weighted by Crippen LogP contribution is -2.16. The van der Waals surface area contributed by atoms with E-state index in [2.05, 4.69) is 10.4 Å². The molecule has 0 unspecified atom stereocenters. The number of ether oxygens (including phenoxy) is 1. The zero-order valence-electron chi connectivity index (χ0n) is 16.0. The van der Waals surface area contributed by atoms with Gasteiger partial charge in [0.2, 0.25) is 5.91 Å². The zero-order chi connectivity index (χ0) is 21.5. The standard InChI is InChI=1S/C21H18N4O5/c1-2-30-21(27)18-14-22-24(16-6-4-3-5-7-16)20(18)23-19(26)13-10-15-8-11-17(12-9-15)25(28)29/h3-14H,2H2,1H3,(H,23,26). The first-order chi connectivity index (χ1) is 14.5. The van der Waals surface area contributed by atoms with Crippen LogP contribution in [0.2, 0.25) is 0 Å². The molecule has 1 heterocycles. The number of anilines is 1. The van der Waals surface area contributed by atoms with E-state index in [9.17, 15) is 19.7 Å². The van der Waals surface area contributed by atoms with Crippen molar-refractivity contribution in [3.8, 4) is 5.69 Å². The summed E-state index contributed by atoms with van der Waals surface area (Å²) in [7, 11) is 0. The molecule has 0 aliphatic heterocycles. The summed E-state index contributed by atoms with van der Waals surface area (Å²) in [6.45, 7) is 1.87. The fourth-order valence-electron chi connectivity index (χ4n) is 2.63. The highest BCUT2D eigenvalue weighted by Crippen LogP contribution is 2.21. The van der Waals surface area contributed by atoms with Crippen LogP contribution in [0.3, 0.4) is 0 Å². The number of carbonyl (C=O) groups is 2. The molecule has 2 aromatic carbocycles. The van der Waals surface area contributed by atoms with Gasteiger partial charge in [-0.25, -0.2) is 9.48 Å². The monoisotopic (exact) mass is 406 g/mol. The Bertz CT molecular complexity index is 1090. The van der Waals surface area contributed by atoms with Gasteiger partial charge in [0.15, 0.2) is 5.82 Å². The van der Waals surface area contributed by atoms with E-state index < -0.39 is 16.8 Å². The van der Waals surface area contributed by atoms with Crippen LogP contribution in [0, 0.1) is 10.1 Å². The van der Waals surface area contributed by atoms with Gasteiger partial charge in [-0.1, -0.05) is 18.2 Å². The second-order valence-electron chi connectivity index (χ2n) is 6.05. The molecule has 1 amide bonds.